The lowest BCUT2D eigenvalue weighted by atomic mass is 10.4. The Balaban J connectivity index is -0.0000000393. The molecule has 0 aliphatic heterocycles. The summed E-state index contributed by atoms with van der Waals surface area (Å²) in [4.78, 5) is 19.2. The van der Waals surface area contributed by atoms with Crippen LogP contribution in [0.1, 0.15) is 28.7 Å². The zero-order valence-corrected chi connectivity index (χ0v) is 8.57. The van der Waals surface area contributed by atoms with Gasteiger partial charge in [0.2, 0.25) is 0 Å². The van der Waals surface area contributed by atoms with E-state index in [2.05, 4.69) is 13.2 Å². The number of aliphatic hydroxyl groups excluding tert-OH is 1. The fourth-order valence-electron chi connectivity index (χ4n) is 0. The van der Waals surface area contributed by atoms with Crippen LogP contribution in [0.3, 0.4) is 0 Å². The zero-order chi connectivity index (χ0) is 12.3. The number of hydrogen-bond acceptors (Lipinski definition) is 3. The van der Waals surface area contributed by atoms with Crippen LogP contribution in [0.4, 0.5) is 0 Å². The highest BCUT2D eigenvalue weighted by atomic mass is 16.4. The van der Waals surface area contributed by atoms with E-state index in [1.807, 2.05) is 0 Å². The molecule has 98 valence electrons. The van der Waals surface area contributed by atoms with Crippen molar-refractivity contribution in [3.63, 3.8) is 0 Å². The first-order chi connectivity index (χ1) is 6.29. The van der Waals surface area contributed by atoms with Gasteiger partial charge in [-0.2, -0.15) is 0 Å². The summed E-state index contributed by atoms with van der Waals surface area (Å²) in [7, 11) is 1.00. The molecule has 0 aliphatic rings. The van der Waals surface area contributed by atoms with Crippen molar-refractivity contribution in [3.05, 3.63) is 24.3 Å². The Kier molecular flexibility index (Phi) is 34.8. The lowest BCUT2D eigenvalue weighted by Gasteiger charge is -1.79. The summed E-state index contributed by atoms with van der Waals surface area (Å²) in [6.45, 7) is 9.20. The third-order valence-corrected chi connectivity index (χ3v) is 0.730. The van der Waals surface area contributed by atoms with Gasteiger partial charge in [0.15, 0.2) is 0 Å². The minimum absolute atomic E-state index is 0. The lowest BCUT2D eigenvalue weighted by Crippen LogP contribution is -1.92. The Morgan fingerprint density at radius 1 is 0.812 bits per heavy atom. The van der Waals surface area contributed by atoms with E-state index in [0.717, 1.165) is 7.11 Å². The monoisotopic (exact) mass is 236 g/mol. The van der Waals surface area contributed by atoms with Crippen LogP contribution in [0.2, 0.25) is 0 Å². The molecule has 5 nitrogen and oxygen atoms in total. The molecular formula is C11H24O5. The van der Waals surface area contributed by atoms with Crippen molar-refractivity contribution in [1.29, 1.82) is 0 Å². The van der Waals surface area contributed by atoms with Crippen molar-refractivity contribution in [2.75, 3.05) is 7.11 Å². The second-order valence-corrected chi connectivity index (χ2v) is 2.17. The van der Waals surface area contributed by atoms with Crippen LogP contribution in [0.15, 0.2) is 24.3 Å². The molecule has 0 saturated heterocycles. The maximum atomic E-state index is 9.60. The first-order valence-electron chi connectivity index (χ1n) is 3.51. The average Bonchev–Trinajstić information content (AvgIpc) is 2.08. The zero-order valence-electron chi connectivity index (χ0n) is 8.57. The van der Waals surface area contributed by atoms with E-state index >= 15 is 0 Å². The van der Waals surface area contributed by atoms with Gasteiger partial charge in [-0.15, -0.1) is 0 Å². The molecule has 0 rings (SSSR count). The number of aliphatic carboxylic acids is 2. The van der Waals surface area contributed by atoms with Crippen molar-refractivity contribution in [3.8, 4) is 0 Å². The third kappa shape index (κ3) is 39.4. The summed E-state index contributed by atoms with van der Waals surface area (Å²) >= 11 is 0. The van der Waals surface area contributed by atoms with Gasteiger partial charge in [0, 0.05) is 18.3 Å². The van der Waals surface area contributed by atoms with E-state index in [-0.39, 0.29) is 26.0 Å². The van der Waals surface area contributed by atoms with Crippen LogP contribution in [0, 0.1) is 0 Å². The second-order valence-electron chi connectivity index (χ2n) is 2.17. The van der Waals surface area contributed by atoms with E-state index in [0.29, 0.717) is 0 Å². The Morgan fingerprint density at radius 3 is 0.875 bits per heavy atom. The fraction of sp³-hybridized carbons (Fsp3) is 0.455. The molecule has 16 heavy (non-hydrogen) atoms. The topological polar surface area (TPSA) is 94.8 Å². The number of carbonyl (C=O) groups is 2. The van der Waals surface area contributed by atoms with Crippen molar-refractivity contribution >= 4 is 11.9 Å². The van der Waals surface area contributed by atoms with Crippen molar-refractivity contribution in [1.82, 2.24) is 0 Å². The lowest BCUT2D eigenvalue weighted by molar-refractivity contribution is -0.133. The van der Waals surface area contributed by atoms with Gasteiger partial charge in [-0.05, 0) is 13.8 Å². The third-order valence-electron chi connectivity index (χ3n) is 0.730. The Labute approximate surface area is 97.7 Å². The first kappa shape index (κ1) is 29.3. The predicted molar refractivity (Wildman–Crippen MR) is 66.5 cm³/mol. The highest BCUT2D eigenvalue weighted by Crippen LogP contribution is 1.81. The molecule has 0 spiro atoms. The molecule has 0 aromatic rings. The number of carboxylic acid groups (broad SMARTS) is 2. The summed E-state index contributed by atoms with van der Waals surface area (Å²) in [5.74, 6) is -1.87. The molecule has 5 heteroatoms. The average molecular weight is 236 g/mol. The molecule has 0 atom stereocenters. The van der Waals surface area contributed by atoms with Crippen LogP contribution < -0.4 is 0 Å². The van der Waals surface area contributed by atoms with Crippen molar-refractivity contribution < 1.29 is 24.9 Å². The smallest absolute Gasteiger partial charge is 0.330 e. The maximum Gasteiger partial charge on any atom is 0.330 e. The molecule has 0 radical (unpaired) electrons. The van der Waals surface area contributed by atoms with Gasteiger partial charge in [-0.25, -0.2) is 9.59 Å². The van der Waals surface area contributed by atoms with Gasteiger partial charge in [0.25, 0.3) is 0 Å². The Morgan fingerprint density at radius 2 is 0.875 bits per heavy atom. The fourth-order valence-corrected chi connectivity index (χ4v) is 0. The molecular weight excluding hydrogens is 212 g/mol. The molecule has 0 unspecified atom stereocenters. The Hall–Kier alpha value is -1.62. The number of aliphatic hydroxyl groups is 1. The van der Waals surface area contributed by atoms with E-state index < -0.39 is 11.9 Å². The number of carboxylic acids is 2. The van der Waals surface area contributed by atoms with Crippen molar-refractivity contribution in [2.24, 2.45) is 0 Å². The second kappa shape index (κ2) is 19.0. The number of hydrogen-bond donors (Lipinski definition) is 3. The molecule has 0 bridgehead atoms. The highest BCUT2D eigenvalue weighted by Gasteiger charge is 1.90. The normalized spacial score (nSPS) is 6.00. The van der Waals surface area contributed by atoms with Crippen LogP contribution in [-0.4, -0.2) is 34.4 Å². The molecule has 0 saturated carbocycles. The highest BCUT2D eigenvalue weighted by molar-refractivity contribution is 5.85. The molecule has 0 aromatic heterocycles. The predicted octanol–water partition coefficient (Wildman–Crippen LogP) is 2.17. The first-order valence-corrected chi connectivity index (χ1v) is 3.51. The quantitative estimate of drug-likeness (QED) is 0.639. The van der Waals surface area contributed by atoms with Gasteiger partial charge in [-0.3, -0.25) is 0 Å². The SMILES string of the molecule is C.C.C=C(C)C(=O)O.C=C(C)C(=O)O.CO. The molecule has 0 aliphatic carbocycles. The van der Waals surface area contributed by atoms with Crippen LogP contribution >= 0.6 is 0 Å². The minimum Gasteiger partial charge on any atom is -0.478 e. The summed E-state index contributed by atoms with van der Waals surface area (Å²) in [5, 5.41) is 22.8. The van der Waals surface area contributed by atoms with Gasteiger partial charge in [0.1, 0.15) is 0 Å². The van der Waals surface area contributed by atoms with E-state index in [9.17, 15) is 9.59 Å². The van der Waals surface area contributed by atoms with Crippen LogP contribution in [0.25, 0.3) is 0 Å². The molecule has 0 heterocycles. The van der Waals surface area contributed by atoms with E-state index in [1.54, 1.807) is 0 Å². The molecule has 0 amide bonds. The van der Waals surface area contributed by atoms with Crippen LogP contribution in [0.5, 0.6) is 0 Å². The minimum atomic E-state index is -0.935. The largest absolute Gasteiger partial charge is 0.478 e. The maximum absolute atomic E-state index is 9.60. The van der Waals surface area contributed by atoms with Crippen molar-refractivity contribution in [2.45, 2.75) is 28.7 Å². The van der Waals surface area contributed by atoms with Gasteiger partial charge < -0.3 is 15.3 Å². The molecule has 0 aromatic carbocycles. The van der Waals surface area contributed by atoms with Gasteiger partial charge >= 0.3 is 11.9 Å². The summed E-state index contributed by atoms with van der Waals surface area (Å²) in [6.07, 6.45) is 0. The van der Waals surface area contributed by atoms with E-state index in [4.69, 9.17) is 15.3 Å². The molecule has 3 N–H and O–H groups in total. The molecule has 0 fully saturated rings. The summed E-state index contributed by atoms with van der Waals surface area (Å²) in [5.41, 5.74) is 0.352. The van der Waals surface area contributed by atoms with Gasteiger partial charge in [-0.1, -0.05) is 28.0 Å². The van der Waals surface area contributed by atoms with Gasteiger partial charge in [0.05, 0.1) is 0 Å². The summed E-state index contributed by atoms with van der Waals surface area (Å²) < 4.78 is 0. The Bertz CT molecular complexity index is 170. The standard InChI is InChI=1S/2C4H6O2.CH4O.2CH4/c2*1-3(2)4(5)6;1-2;;/h2*1H2,2H3,(H,5,6);2H,1H3;2*1H4. The van der Waals surface area contributed by atoms with Crippen LogP contribution in [-0.2, 0) is 9.59 Å². The van der Waals surface area contributed by atoms with E-state index in [1.165, 1.54) is 13.8 Å². The number of rotatable bonds is 2. The summed E-state index contributed by atoms with van der Waals surface area (Å²) in [6, 6.07) is 0.